The first-order valence-corrected chi connectivity index (χ1v) is 9.55. The number of sulfonamides is 1. The van der Waals surface area contributed by atoms with Gasteiger partial charge in [0, 0.05) is 23.5 Å². The Hall–Kier alpha value is -0.430. The Morgan fingerprint density at radius 2 is 1.95 bits per heavy atom. The Kier molecular flexibility index (Phi) is 5.23. The van der Waals surface area contributed by atoms with Crippen molar-refractivity contribution in [2.45, 2.75) is 62.9 Å². The number of nitrogens with one attached hydrogen (secondary N) is 1. The fourth-order valence-corrected chi connectivity index (χ4v) is 6.13. The first-order chi connectivity index (χ1) is 9.46. The molecule has 1 aromatic heterocycles. The molecule has 2 rings (SSSR count). The Labute approximate surface area is 126 Å². The van der Waals surface area contributed by atoms with Gasteiger partial charge in [0.15, 0.2) is 0 Å². The lowest BCUT2D eigenvalue weighted by Crippen LogP contribution is -2.47. The summed E-state index contributed by atoms with van der Waals surface area (Å²) in [7, 11) is -3.34. The first kappa shape index (κ1) is 15.9. The van der Waals surface area contributed by atoms with Gasteiger partial charge in [-0.25, -0.2) is 8.42 Å². The van der Waals surface area contributed by atoms with E-state index in [1.54, 1.807) is 10.4 Å². The molecule has 4 nitrogen and oxygen atoms in total. The molecule has 0 saturated carbocycles. The van der Waals surface area contributed by atoms with Crippen molar-refractivity contribution >= 4 is 21.4 Å². The first-order valence-electron chi connectivity index (χ1n) is 7.29. The number of rotatable bonds is 5. The van der Waals surface area contributed by atoms with Crippen molar-refractivity contribution in [2.75, 3.05) is 6.54 Å². The molecule has 1 aromatic rings. The second kappa shape index (κ2) is 6.56. The largest absolute Gasteiger partial charge is 0.312 e. The van der Waals surface area contributed by atoms with Gasteiger partial charge in [0.05, 0.1) is 0 Å². The van der Waals surface area contributed by atoms with Crippen molar-refractivity contribution in [3.63, 3.8) is 0 Å². The van der Waals surface area contributed by atoms with E-state index in [4.69, 9.17) is 0 Å². The van der Waals surface area contributed by atoms with E-state index < -0.39 is 10.0 Å². The van der Waals surface area contributed by atoms with E-state index in [0.717, 1.165) is 37.2 Å². The fraction of sp³-hybridized carbons (Fsp3) is 0.714. The third kappa shape index (κ3) is 3.24. The summed E-state index contributed by atoms with van der Waals surface area (Å²) in [6.45, 7) is 7.70. The average Bonchev–Trinajstić information content (AvgIpc) is 2.85. The maximum atomic E-state index is 12.8. The van der Waals surface area contributed by atoms with Crippen LogP contribution >= 0.6 is 11.3 Å². The molecule has 2 heterocycles. The Morgan fingerprint density at radius 1 is 1.30 bits per heavy atom. The molecule has 0 bridgehead atoms. The van der Waals surface area contributed by atoms with E-state index in [1.165, 1.54) is 11.3 Å². The minimum atomic E-state index is -3.34. The maximum absolute atomic E-state index is 12.8. The van der Waals surface area contributed by atoms with Crippen molar-refractivity contribution in [3.05, 3.63) is 17.0 Å². The van der Waals surface area contributed by atoms with E-state index >= 15 is 0 Å². The van der Waals surface area contributed by atoms with Crippen LogP contribution in [0.5, 0.6) is 0 Å². The zero-order chi connectivity index (χ0) is 14.8. The molecule has 0 radical (unpaired) electrons. The van der Waals surface area contributed by atoms with Gasteiger partial charge in [-0.2, -0.15) is 4.31 Å². The van der Waals surface area contributed by atoms with Gasteiger partial charge in [-0.1, -0.05) is 13.3 Å². The van der Waals surface area contributed by atoms with Crippen LogP contribution in [0.15, 0.2) is 16.3 Å². The average molecular weight is 316 g/mol. The lowest BCUT2D eigenvalue weighted by Gasteiger charge is -2.37. The van der Waals surface area contributed by atoms with Crippen molar-refractivity contribution in [3.8, 4) is 0 Å². The number of hydrogen-bond donors (Lipinski definition) is 1. The standard InChI is InChI=1S/C14H24N2O2S2/c1-4-15-10-13-8-9-14(19-13)20(17,18)16-11(2)6-5-7-12(16)3/h8-9,11-12,15H,4-7,10H2,1-3H3. The number of thiophene rings is 1. The van der Waals surface area contributed by atoms with Gasteiger partial charge in [-0.05, 0) is 45.4 Å². The van der Waals surface area contributed by atoms with Crippen LogP contribution in [0.4, 0.5) is 0 Å². The van der Waals surface area contributed by atoms with Crippen molar-refractivity contribution < 1.29 is 8.42 Å². The molecule has 1 fully saturated rings. The van der Waals surface area contributed by atoms with Crippen LogP contribution in [0.3, 0.4) is 0 Å². The Balaban J connectivity index is 2.22. The molecule has 0 aliphatic carbocycles. The quantitative estimate of drug-likeness (QED) is 0.909. The topological polar surface area (TPSA) is 49.4 Å². The third-order valence-electron chi connectivity index (χ3n) is 3.83. The van der Waals surface area contributed by atoms with Crippen molar-refractivity contribution in [2.24, 2.45) is 0 Å². The Morgan fingerprint density at radius 3 is 2.55 bits per heavy atom. The highest BCUT2D eigenvalue weighted by atomic mass is 32.2. The van der Waals surface area contributed by atoms with E-state index in [0.29, 0.717) is 4.21 Å². The summed E-state index contributed by atoms with van der Waals surface area (Å²) in [5, 5.41) is 3.23. The lowest BCUT2D eigenvalue weighted by atomic mass is 10.0. The molecule has 114 valence electrons. The van der Waals surface area contributed by atoms with Crippen LogP contribution in [-0.4, -0.2) is 31.4 Å². The number of piperidine rings is 1. The highest BCUT2D eigenvalue weighted by Crippen LogP contribution is 2.32. The van der Waals surface area contributed by atoms with Crippen LogP contribution in [-0.2, 0) is 16.6 Å². The molecule has 1 saturated heterocycles. The van der Waals surface area contributed by atoms with E-state index in [-0.39, 0.29) is 12.1 Å². The van der Waals surface area contributed by atoms with Crippen LogP contribution in [0, 0.1) is 0 Å². The Bertz CT molecular complexity index is 529. The van der Waals surface area contributed by atoms with E-state index in [9.17, 15) is 8.42 Å². The molecule has 6 heteroatoms. The minimum Gasteiger partial charge on any atom is -0.312 e. The molecule has 2 atom stereocenters. The minimum absolute atomic E-state index is 0.100. The summed E-state index contributed by atoms with van der Waals surface area (Å²) in [5.41, 5.74) is 0. The molecule has 1 N–H and O–H groups in total. The number of hydrogen-bond acceptors (Lipinski definition) is 4. The summed E-state index contributed by atoms with van der Waals surface area (Å²) in [5.74, 6) is 0. The van der Waals surface area contributed by atoms with Crippen LogP contribution < -0.4 is 5.32 Å². The lowest BCUT2D eigenvalue weighted by molar-refractivity contribution is 0.204. The molecule has 2 unspecified atom stereocenters. The molecule has 1 aliphatic heterocycles. The van der Waals surface area contributed by atoms with Gasteiger partial charge >= 0.3 is 0 Å². The summed E-state index contributed by atoms with van der Waals surface area (Å²) >= 11 is 1.39. The predicted molar refractivity (Wildman–Crippen MR) is 83.5 cm³/mol. The normalized spacial score (nSPS) is 24.9. The van der Waals surface area contributed by atoms with Crippen LogP contribution in [0.2, 0.25) is 0 Å². The molecule has 1 aliphatic rings. The zero-order valence-electron chi connectivity index (χ0n) is 12.4. The molecular weight excluding hydrogens is 292 g/mol. The van der Waals surface area contributed by atoms with E-state index in [1.807, 2.05) is 26.8 Å². The van der Waals surface area contributed by atoms with Gasteiger partial charge in [0.2, 0.25) is 0 Å². The maximum Gasteiger partial charge on any atom is 0.253 e. The van der Waals surface area contributed by atoms with Gasteiger partial charge in [-0.3, -0.25) is 0 Å². The second-order valence-corrected chi connectivity index (χ2v) is 8.70. The summed E-state index contributed by atoms with van der Waals surface area (Å²) in [4.78, 5) is 1.07. The summed E-state index contributed by atoms with van der Waals surface area (Å²) in [6, 6.07) is 3.87. The van der Waals surface area contributed by atoms with Gasteiger partial charge < -0.3 is 5.32 Å². The predicted octanol–water partition coefficient (Wildman–Crippen LogP) is 2.81. The molecule has 0 amide bonds. The van der Waals surface area contributed by atoms with Crippen molar-refractivity contribution in [1.82, 2.24) is 9.62 Å². The SMILES string of the molecule is CCNCc1ccc(S(=O)(=O)N2C(C)CCCC2C)s1. The van der Waals surface area contributed by atoms with Crippen molar-refractivity contribution in [1.29, 1.82) is 0 Å². The van der Waals surface area contributed by atoms with E-state index in [2.05, 4.69) is 5.32 Å². The third-order valence-corrected chi connectivity index (χ3v) is 7.51. The molecule has 20 heavy (non-hydrogen) atoms. The molecule has 0 aromatic carbocycles. The van der Waals surface area contributed by atoms with Gasteiger partial charge in [0.25, 0.3) is 10.0 Å². The molecule has 0 spiro atoms. The summed E-state index contributed by atoms with van der Waals surface area (Å²) < 4.78 is 27.8. The smallest absolute Gasteiger partial charge is 0.253 e. The highest BCUT2D eigenvalue weighted by molar-refractivity contribution is 7.91. The highest BCUT2D eigenvalue weighted by Gasteiger charge is 2.36. The van der Waals surface area contributed by atoms with Gasteiger partial charge in [0.1, 0.15) is 4.21 Å². The van der Waals surface area contributed by atoms with Gasteiger partial charge in [-0.15, -0.1) is 11.3 Å². The van der Waals surface area contributed by atoms with Crippen LogP contribution in [0.1, 0.15) is 44.9 Å². The zero-order valence-corrected chi connectivity index (χ0v) is 14.1. The summed E-state index contributed by atoms with van der Waals surface area (Å²) in [6.07, 6.45) is 3.03. The second-order valence-electron chi connectivity index (χ2n) is 5.46. The fourth-order valence-electron chi connectivity index (χ4n) is 2.82. The number of nitrogens with zero attached hydrogens (tertiary/aromatic N) is 1. The monoisotopic (exact) mass is 316 g/mol. The van der Waals surface area contributed by atoms with Crippen LogP contribution in [0.25, 0.3) is 0 Å². The molecular formula is C14H24N2O2S2.